The van der Waals surface area contributed by atoms with Gasteiger partial charge >= 0.3 is 5.97 Å². The minimum Gasteiger partial charge on any atom is -0.495 e. The maximum Gasteiger partial charge on any atom is 0.313 e. The highest BCUT2D eigenvalue weighted by atomic mass is 35.5. The lowest BCUT2D eigenvalue weighted by atomic mass is 10.2. The zero-order valence-electron chi connectivity index (χ0n) is 14.0. The average molecular weight is 394 g/mol. The van der Waals surface area contributed by atoms with E-state index in [4.69, 9.17) is 25.8 Å². The minimum atomic E-state index is -4.00. The van der Waals surface area contributed by atoms with Gasteiger partial charge in [0.1, 0.15) is 17.4 Å². The van der Waals surface area contributed by atoms with Crippen LogP contribution in [0.3, 0.4) is 0 Å². The summed E-state index contributed by atoms with van der Waals surface area (Å²) in [5, 5.41) is -0.940. The van der Waals surface area contributed by atoms with Crippen LogP contribution in [0.1, 0.15) is 6.92 Å². The number of esters is 1. The molecule has 1 saturated heterocycles. The van der Waals surface area contributed by atoms with Gasteiger partial charge in [-0.05, 0) is 6.92 Å². The molecule has 1 aromatic carbocycles. The van der Waals surface area contributed by atoms with E-state index in [1.54, 1.807) is 6.92 Å². The molecule has 3 N–H and O–H groups in total. The summed E-state index contributed by atoms with van der Waals surface area (Å²) in [6.45, 7) is 1.95. The van der Waals surface area contributed by atoms with Crippen molar-refractivity contribution in [3.05, 3.63) is 17.2 Å². The number of nitrogens with one attached hydrogen (secondary N) is 3. The number of hydrogen-bond acceptors (Lipinski definition) is 8. The van der Waals surface area contributed by atoms with Crippen molar-refractivity contribution in [1.29, 1.82) is 0 Å². The highest BCUT2D eigenvalue weighted by Gasteiger charge is 2.43. The van der Waals surface area contributed by atoms with Crippen molar-refractivity contribution >= 4 is 33.3 Å². The second-order valence-electron chi connectivity index (χ2n) is 5.14. The molecule has 0 spiro atoms. The first-order chi connectivity index (χ1) is 11.8. The number of methoxy groups -OCH3 is 2. The third-order valence-electron chi connectivity index (χ3n) is 3.58. The van der Waals surface area contributed by atoms with Gasteiger partial charge in [-0.25, -0.2) is 13.8 Å². The molecule has 0 aliphatic carbocycles. The number of anilines is 1. The average Bonchev–Trinajstić information content (AvgIpc) is 3.07. The van der Waals surface area contributed by atoms with Crippen LogP contribution in [0.2, 0.25) is 5.02 Å². The number of carbonyl (C=O) groups is 1. The van der Waals surface area contributed by atoms with E-state index >= 15 is 0 Å². The molecule has 25 heavy (non-hydrogen) atoms. The van der Waals surface area contributed by atoms with E-state index in [0.717, 1.165) is 0 Å². The molecule has 2 rings (SSSR count). The monoisotopic (exact) mass is 393 g/mol. The number of sulfonamides is 1. The topological polar surface area (TPSA) is 115 Å². The van der Waals surface area contributed by atoms with Crippen molar-refractivity contribution in [1.82, 2.24) is 10.9 Å². The third kappa shape index (κ3) is 4.27. The highest BCUT2D eigenvalue weighted by Crippen LogP contribution is 2.36. The molecule has 140 valence electrons. The first-order valence-corrected chi connectivity index (χ1v) is 9.34. The Kier molecular flexibility index (Phi) is 6.33. The number of halogens is 1. The van der Waals surface area contributed by atoms with Crippen LogP contribution in [0.25, 0.3) is 0 Å². The summed E-state index contributed by atoms with van der Waals surface area (Å²) in [5.41, 5.74) is 5.39. The van der Waals surface area contributed by atoms with Crippen molar-refractivity contribution in [2.45, 2.75) is 12.3 Å². The predicted octanol–water partition coefficient (Wildman–Crippen LogP) is 0.712. The Morgan fingerprint density at radius 3 is 2.60 bits per heavy atom. The Labute approximate surface area is 151 Å². The second-order valence-corrected chi connectivity index (χ2v) is 7.35. The summed E-state index contributed by atoms with van der Waals surface area (Å²) in [5.74, 6) is -0.999. The van der Waals surface area contributed by atoms with Crippen LogP contribution in [-0.4, -0.2) is 47.1 Å². The van der Waals surface area contributed by atoms with E-state index in [0.29, 0.717) is 0 Å². The van der Waals surface area contributed by atoms with Crippen molar-refractivity contribution < 1.29 is 27.4 Å². The van der Waals surface area contributed by atoms with Crippen molar-refractivity contribution in [2.24, 2.45) is 5.92 Å². The summed E-state index contributed by atoms with van der Waals surface area (Å²) < 4.78 is 43.0. The van der Waals surface area contributed by atoms with E-state index < -0.39 is 27.3 Å². The standard InChI is InChI=1S/C14H20ClN3O6S/c1-4-24-14(19)8-7-16-17-13(8)25(20,21)18-10-6-11(22-2)9(15)5-12(10)23-3/h5-6,8,13,16-18H,4,7H2,1-3H3. The van der Waals surface area contributed by atoms with Gasteiger partial charge < -0.3 is 14.2 Å². The molecule has 1 heterocycles. The summed E-state index contributed by atoms with van der Waals surface area (Å²) in [6.07, 6.45) is 0. The molecule has 11 heteroatoms. The van der Waals surface area contributed by atoms with Gasteiger partial charge in [-0.2, -0.15) is 0 Å². The van der Waals surface area contributed by atoms with E-state index in [2.05, 4.69) is 15.6 Å². The molecular formula is C14H20ClN3O6S. The lowest BCUT2D eigenvalue weighted by Crippen LogP contribution is -2.44. The van der Waals surface area contributed by atoms with Crippen LogP contribution in [0.4, 0.5) is 5.69 Å². The maximum atomic E-state index is 12.7. The molecule has 0 amide bonds. The first-order valence-electron chi connectivity index (χ1n) is 7.42. The zero-order chi connectivity index (χ0) is 18.6. The van der Waals surface area contributed by atoms with Gasteiger partial charge in [0.05, 0.1) is 31.5 Å². The Bertz CT molecular complexity index is 742. The molecule has 0 bridgehead atoms. The van der Waals surface area contributed by atoms with E-state index in [1.807, 2.05) is 0 Å². The lowest BCUT2D eigenvalue weighted by molar-refractivity contribution is -0.147. The molecule has 0 saturated carbocycles. The van der Waals surface area contributed by atoms with Gasteiger partial charge in [-0.15, -0.1) is 0 Å². The lowest BCUT2D eigenvalue weighted by Gasteiger charge is -2.20. The zero-order valence-corrected chi connectivity index (χ0v) is 15.5. The summed E-state index contributed by atoms with van der Waals surface area (Å²) in [4.78, 5) is 12.0. The maximum absolute atomic E-state index is 12.7. The van der Waals surface area contributed by atoms with Crippen LogP contribution < -0.4 is 25.0 Å². The molecule has 0 aromatic heterocycles. The fraction of sp³-hybridized carbons (Fsp3) is 0.500. The summed E-state index contributed by atoms with van der Waals surface area (Å²) in [7, 11) is -1.21. The molecule has 2 atom stereocenters. The Morgan fingerprint density at radius 1 is 1.32 bits per heavy atom. The van der Waals surface area contributed by atoms with Crippen LogP contribution in [0.15, 0.2) is 12.1 Å². The smallest absolute Gasteiger partial charge is 0.313 e. The predicted molar refractivity (Wildman–Crippen MR) is 92.1 cm³/mol. The SMILES string of the molecule is CCOC(=O)C1CNNC1S(=O)(=O)Nc1cc(OC)c(Cl)cc1OC. The van der Waals surface area contributed by atoms with Gasteiger partial charge in [0.25, 0.3) is 10.0 Å². The number of hydrogen-bond donors (Lipinski definition) is 3. The second kappa shape index (κ2) is 8.09. The van der Waals surface area contributed by atoms with Gasteiger partial charge in [-0.1, -0.05) is 11.6 Å². The fourth-order valence-corrected chi connectivity index (χ4v) is 4.09. The fourth-order valence-electron chi connectivity index (χ4n) is 2.38. The number of hydrazine groups is 1. The van der Waals surface area contributed by atoms with Crippen LogP contribution >= 0.6 is 11.6 Å². The largest absolute Gasteiger partial charge is 0.495 e. The molecule has 1 aliphatic rings. The normalized spacial score (nSPS) is 20.2. The highest BCUT2D eigenvalue weighted by molar-refractivity contribution is 7.93. The van der Waals surface area contributed by atoms with Crippen molar-refractivity contribution in [2.75, 3.05) is 32.1 Å². The molecule has 1 aromatic rings. The van der Waals surface area contributed by atoms with E-state index in [9.17, 15) is 13.2 Å². The van der Waals surface area contributed by atoms with Crippen LogP contribution in [0, 0.1) is 5.92 Å². The molecule has 0 radical (unpaired) electrons. The minimum absolute atomic E-state index is 0.130. The van der Waals surface area contributed by atoms with E-state index in [1.165, 1.54) is 26.4 Å². The third-order valence-corrected chi connectivity index (χ3v) is 5.50. The van der Waals surface area contributed by atoms with Crippen molar-refractivity contribution in [3.63, 3.8) is 0 Å². The number of ether oxygens (including phenoxy) is 3. The van der Waals surface area contributed by atoms with Crippen LogP contribution in [0.5, 0.6) is 11.5 Å². The Balaban J connectivity index is 2.30. The first kappa shape index (κ1) is 19.6. The molecule has 1 fully saturated rings. The Hall–Kier alpha value is -1.75. The number of carbonyl (C=O) groups excluding carboxylic acids is 1. The molecule has 1 aliphatic heterocycles. The number of rotatable bonds is 7. The van der Waals surface area contributed by atoms with Gasteiger partial charge in [0.15, 0.2) is 5.37 Å². The van der Waals surface area contributed by atoms with E-state index in [-0.39, 0.29) is 35.4 Å². The van der Waals surface area contributed by atoms with Gasteiger partial charge in [0.2, 0.25) is 0 Å². The number of benzene rings is 1. The summed E-state index contributed by atoms with van der Waals surface area (Å²) in [6, 6.07) is 2.84. The van der Waals surface area contributed by atoms with Crippen molar-refractivity contribution in [3.8, 4) is 11.5 Å². The Morgan fingerprint density at radius 2 is 2.00 bits per heavy atom. The summed E-state index contributed by atoms with van der Waals surface area (Å²) >= 11 is 6.01. The molecular weight excluding hydrogens is 374 g/mol. The van der Waals surface area contributed by atoms with Crippen LogP contribution in [-0.2, 0) is 19.6 Å². The molecule has 2 unspecified atom stereocenters. The van der Waals surface area contributed by atoms with Gasteiger partial charge in [-0.3, -0.25) is 14.9 Å². The quantitative estimate of drug-likeness (QED) is 0.580. The van der Waals surface area contributed by atoms with Gasteiger partial charge in [0, 0.05) is 18.7 Å². The molecule has 9 nitrogen and oxygen atoms in total.